The van der Waals surface area contributed by atoms with E-state index in [-0.39, 0.29) is 23.5 Å². The second-order valence-electron chi connectivity index (χ2n) is 7.73. The summed E-state index contributed by atoms with van der Waals surface area (Å²) in [4.78, 5) is 13.2. The van der Waals surface area contributed by atoms with Crippen molar-refractivity contribution in [1.29, 1.82) is 0 Å². The maximum absolute atomic E-state index is 13.4. The quantitative estimate of drug-likeness (QED) is 0.815. The Morgan fingerprint density at radius 2 is 1.86 bits per heavy atom. The smallest absolute Gasteiger partial charge is 0.244 e. The number of sulfonamides is 1. The van der Waals surface area contributed by atoms with E-state index in [1.54, 1.807) is 24.3 Å². The largest absolute Gasteiger partial charge is 0.376 e. The molecule has 2 heterocycles. The van der Waals surface area contributed by atoms with Crippen molar-refractivity contribution in [3.63, 3.8) is 0 Å². The SMILES string of the molecule is Cc1ccc(S(=O)(=O)N2Cc3ccccc3C[C@H]2C(=O)NC[C@@H]2CCCO2)cc1. The highest BCUT2D eigenvalue weighted by Crippen LogP contribution is 2.29. The van der Waals surface area contributed by atoms with E-state index in [1.807, 2.05) is 31.2 Å². The minimum atomic E-state index is -3.81. The van der Waals surface area contributed by atoms with Crippen LogP contribution in [-0.2, 0) is 32.5 Å². The summed E-state index contributed by atoms with van der Waals surface area (Å²) in [6.45, 7) is 3.22. The van der Waals surface area contributed by atoms with Crippen LogP contribution >= 0.6 is 0 Å². The van der Waals surface area contributed by atoms with Gasteiger partial charge in [-0.2, -0.15) is 4.31 Å². The molecule has 154 valence electrons. The van der Waals surface area contributed by atoms with Crippen LogP contribution in [-0.4, -0.2) is 43.9 Å². The van der Waals surface area contributed by atoms with Crippen LogP contribution < -0.4 is 5.32 Å². The van der Waals surface area contributed by atoms with E-state index >= 15 is 0 Å². The van der Waals surface area contributed by atoms with E-state index in [2.05, 4.69) is 5.32 Å². The van der Waals surface area contributed by atoms with Crippen molar-refractivity contribution in [2.75, 3.05) is 13.2 Å². The maximum Gasteiger partial charge on any atom is 0.244 e. The van der Waals surface area contributed by atoms with Crippen molar-refractivity contribution in [3.8, 4) is 0 Å². The first kappa shape index (κ1) is 20.1. The number of hydrogen-bond acceptors (Lipinski definition) is 4. The molecular formula is C22H26N2O4S. The molecule has 2 aromatic rings. The molecule has 0 aliphatic carbocycles. The fourth-order valence-corrected chi connectivity index (χ4v) is 5.52. The fraction of sp³-hybridized carbons (Fsp3) is 0.409. The summed E-state index contributed by atoms with van der Waals surface area (Å²) in [5.74, 6) is -0.273. The second-order valence-corrected chi connectivity index (χ2v) is 9.62. The summed E-state index contributed by atoms with van der Waals surface area (Å²) in [6.07, 6.45) is 2.28. The average Bonchev–Trinajstić information content (AvgIpc) is 3.25. The zero-order valence-corrected chi connectivity index (χ0v) is 17.3. The number of benzene rings is 2. The third kappa shape index (κ3) is 4.22. The summed E-state index contributed by atoms with van der Waals surface area (Å²) in [5.41, 5.74) is 2.94. The molecule has 0 aromatic heterocycles. The standard InChI is InChI=1S/C22H26N2O4S/c1-16-8-10-20(11-9-16)29(26,27)24-15-18-6-3-2-5-17(18)13-21(24)22(25)23-14-19-7-4-12-28-19/h2-3,5-6,8-11,19,21H,4,7,12-15H2,1H3,(H,23,25)/t19-,21-/m0/s1. The highest BCUT2D eigenvalue weighted by atomic mass is 32.2. The molecule has 1 amide bonds. The van der Waals surface area contributed by atoms with Crippen LogP contribution in [0.15, 0.2) is 53.4 Å². The Hall–Kier alpha value is -2.22. The van der Waals surface area contributed by atoms with Gasteiger partial charge in [0.25, 0.3) is 0 Å². The molecule has 1 fully saturated rings. The van der Waals surface area contributed by atoms with Crippen LogP contribution in [0, 0.1) is 6.92 Å². The predicted octanol–water partition coefficient (Wildman–Crippen LogP) is 2.41. The number of nitrogens with one attached hydrogen (secondary N) is 1. The van der Waals surface area contributed by atoms with Gasteiger partial charge in [0.1, 0.15) is 6.04 Å². The number of carbonyl (C=O) groups is 1. The zero-order valence-electron chi connectivity index (χ0n) is 16.5. The molecule has 29 heavy (non-hydrogen) atoms. The highest BCUT2D eigenvalue weighted by Gasteiger charge is 2.39. The van der Waals surface area contributed by atoms with Crippen molar-refractivity contribution in [2.45, 2.75) is 49.8 Å². The minimum Gasteiger partial charge on any atom is -0.376 e. The lowest BCUT2D eigenvalue weighted by atomic mass is 9.95. The highest BCUT2D eigenvalue weighted by molar-refractivity contribution is 7.89. The van der Waals surface area contributed by atoms with Crippen molar-refractivity contribution < 1.29 is 17.9 Å². The van der Waals surface area contributed by atoms with E-state index in [0.717, 1.165) is 29.5 Å². The zero-order chi connectivity index (χ0) is 20.4. The first-order chi connectivity index (χ1) is 13.9. The van der Waals surface area contributed by atoms with Crippen molar-refractivity contribution in [3.05, 3.63) is 65.2 Å². The maximum atomic E-state index is 13.4. The number of nitrogens with zero attached hydrogens (tertiary/aromatic N) is 1. The van der Waals surface area contributed by atoms with E-state index in [9.17, 15) is 13.2 Å². The summed E-state index contributed by atoms with van der Waals surface area (Å²) in [5, 5.41) is 2.92. The third-order valence-corrected chi connectivity index (χ3v) is 7.53. The number of amides is 1. The van der Waals surface area contributed by atoms with Gasteiger partial charge in [0.2, 0.25) is 15.9 Å². The van der Waals surface area contributed by atoms with Crippen LogP contribution in [0.25, 0.3) is 0 Å². The molecular weight excluding hydrogens is 388 g/mol. The van der Waals surface area contributed by atoms with Gasteiger partial charge in [-0.3, -0.25) is 4.79 Å². The van der Waals surface area contributed by atoms with Gasteiger partial charge in [0, 0.05) is 19.7 Å². The molecule has 1 saturated heterocycles. The lowest BCUT2D eigenvalue weighted by molar-refractivity contribution is -0.125. The average molecular weight is 415 g/mol. The van der Waals surface area contributed by atoms with Gasteiger partial charge in [-0.15, -0.1) is 0 Å². The van der Waals surface area contributed by atoms with Crippen LogP contribution in [0.2, 0.25) is 0 Å². The van der Waals surface area contributed by atoms with Gasteiger partial charge in [-0.1, -0.05) is 42.0 Å². The molecule has 0 bridgehead atoms. The van der Waals surface area contributed by atoms with Gasteiger partial charge < -0.3 is 10.1 Å². The minimum absolute atomic E-state index is 0.0111. The Balaban J connectivity index is 1.62. The monoisotopic (exact) mass is 414 g/mol. The van der Waals surface area contributed by atoms with Gasteiger partial charge in [-0.05, 0) is 49.4 Å². The summed E-state index contributed by atoms with van der Waals surface area (Å²) < 4.78 is 33.7. The van der Waals surface area contributed by atoms with Crippen molar-refractivity contribution >= 4 is 15.9 Å². The Morgan fingerprint density at radius 3 is 2.55 bits per heavy atom. The summed E-state index contributed by atoms with van der Waals surface area (Å²) in [7, 11) is -3.81. The van der Waals surface area contributed by atoms with Gasteiger partial charge >= 0.3 is 0 Å². The predicted molar refractivity (Wildman–Crippen MR) is 110 cm³/mol. The lowest BCUT2D eigenvalue weighted by Crippen LogP contribution is -2.53. The molecule has 2 aliphatic rings. The van der Waals surface area contributed by atoms with Crippen molar-refractivity contribution in [2.24, 2.45) is 0 Å². The molecule has 2 atom stereocenters. The molecule has 0 radical (unpaired) electrons. The Morgan fingerprint density at radius 1 is 1.14 bits per heavy atom. The molecule has 7 heteroatoms. The summed E-state index contributed by atoms with van der Waals surface area (Å²) in [6, 6.07) is 13.7. The first-order valence-corrected chi connectivity index (χ1v) is 11.4. The Bertz CT molecular complexity index is 982. The number of aryl methyl sites for hydroxylation is 1. The Kier molecular flexibility index (Phi) is 5.72. The van der Waals surface area contributed by atoms with E-state index < -0.39 is 16.1 Å². The fourth-order valence-electron chi connectivity index (χ4n) is 3.96. The van der Waals surface area contributed by atoms with Crippen molar-refractivity contribution in [1.82, 2.24) is 9.62 Å². The van der Waals surface area contributed by atoms with E-state index in [4.69, 9.17) is 4.74 Å². The van der Waals surface area contributed by atoms with Crippen LogP contribution in [0.3, 0.4) is 0 Å². The number of fused-ring (bicyclic) bond motifs is 1. The number of hydrogen-bond donors (Lipinski definition) is 1. The first-order valence-electron chi connectivity index (χ1n) is 10.00. The molecule has 1 N–H and O–H groups in total. The molecule has 0 unspecified atom stereocenters. The number of rotatable bonds is 5. The van der Waals surface area contributed by atoms with E-state index in [1.165, 1.54) is 4.31 Å². The lowest BCUT2D eigenvalue weighted by Gasteiger charge is -2.35. The topological polar surface area (TPSA) is 75.7 Å². The molecule has 0 saturated carbocycles. The van der Waals surface area contributed by atoms with Crippen LogP contribution in [0.1, 0.15) is 29.5 Å². The van der Waals surface area contributed by atoms with Gasteiger partial charge in [0.05, 0.1) is 11.0 Å². The van der Waals surface area contributed by atoms with Gasteiger partial charge in [-0.25, -0.2) is 8.42 Å². The van der Waals surface area contributed by atoms with E-state index in [0.29, 0.717) is 19.6 Å². The summed E-state index contributed by atoms with van der Waals surface area (Å²) >= 11 is 0. The molecule has 2 aromatic carbocycles. The molecule has 2 aliphatic heterocycles. The Labute approximate surface area is 171 Å². The molecule has 4 rings (SSSR count). The second kappa shape index (κ2) is 8.26. The normalized spacial score (nSPS) is 22.2. The molecule has 0 spiro atoms. The van der Waals surface area contributed by atoms with Crippen LogP contribution in [0.5, 0.6) is 0 Å². The van der Waals surface area contributed by atoms with Gasteiger partial charge in [0.15, 0.2) is 0 Å². The van der Waals surface area contributed by atoms with Crippen LogP contribution in [0.4, 0.5) is 0 Å². The number of carbonyl (C=O) groups excluding carboxylic acids is 1. The number of ether oxygens (including phenoxy) is 1. The third-order valence-electron chi connectivity index (χ3n) is 5.66. The molecule has 6 nitrogen and oxygen atoms in total.